The third-order valence-electron chi connectivity index (χ3n) is 2.59. The van der Waals surface area contributed by atoms with Gasteiger partial charge in [-0.3, -0.25) is 19.3 Å². The quantitative estimate of drug-likeness (QED) is 0.595. The van der Waals surface area contributed by atoms with Crippen LogP contribution in [0.1, 0.15) is 19.3 Å². The Hall–Kier alpha value is -1.43. The van der Waals surface area contributed by atoms with E-state index in [0.29, 0.717) is 25.8 Å². The summed E-state index contributed by atoms with van der Waals surface area (Å²) in [6, 6.07) is -0.549. The number of carbonyl (C=O) groups is 3. The minimum absolute atomic E-state index is 0.171. The van der Waals surface area contributed by atoms with Gasteiger partial charge in [0.15, 0.2) is 0 Å². The number of hydrogen-bond acceptors (Lipinski definition) is 4. The molecule has 1 atom stereocenters. The van der Waals surface area contributed by atoms with Crippen molar-refractivity contribution >= 4 is 17.7 Å². The van der Waals surface area contributed by atoms with Crippen molar-refractivity contribution in [3.63, 3.8) is 0 Å². The fraction of sp³-hybridized carbons (Fsp3) is 0.700. The number of nitrogens with zero attached hydrogens (tertiary/aromatic N) is 1. The maximum Gasteiger partial charge on any atom is 0.251 e. The average molecular weight is 227 g/mol. The molecule has 6 nitrogen and oxygen atoms in total. The first-order valence-electron chi connectivity index (χ1n) is 5.30. The SMILES string of the molecule is CNCCC(=O)NC1CCC(=O)N(C)C1=O. The highest BCUT2D eigenvalue weighted by Gasteiger charge is 2.32. The highest BCUT2D eigenvalue weighted by molar-refractivity contribution is 6.01. The molecule has 0 radical (unpaired) electrons. The molecule has 3 amide bonds. The monoisotopic (exact) mass is 227 g/mol. The highest BCUT2D eigenvalue weighted by Crippen LogP contribution is 2.11. The van der Waals surface area contributed by atoms with Gasteiger partial charge in [0.2, 0.25) is 11.8 Å². The van der Waals surface area contributed by atoms with Gasteiger partial charge in [0.05, 0.1) is 0 Å². The summed E-state index contributed by atoms with van der Waals surface area (Å²) in [6.45, 7) is 0.571. The Balaban J connectivity index is 2.46. The van der Waals surface area contributed by atoms with Crippen LogP contribution in [0.5, 0.6) is 0 Å². The van der Waals surface area contributed by atoms with Gasteiger partial charge in [0.1, 0.15) is 6.04 Å². The third kappa shape index (κ3) is 3.03. The Morgan fingerprint density at radius 3 is 2.81 bits per heavy atom. The van der Waals surface area contributed by atoms with Crippen LogP contribution in [0.4, 0.5) is 0 Å². The van der Waals surface area contributed by atoms with Crippen molar-refractivity contribution < 1.29 is 14.4 Å². The Bertz CT molecular complexity index is 304. The molecule has 1 aliphatic heterocycles. The molecule has 1 rings (SSSR count). The zero-order chi connectivity index (χ0) is 12.1. The van der Waals surface area contributed by atoms with Gasteiger partial charge in [-0.2, -0.15) is 0 Å². The zero-order valence-corrected chi connectivity index (χ0v) is 9.58. The lowest BCUT2D eigenvalue weighted by molar-refractivity contribution is -0.149. The topological polar surface area (TPSA) is 78.5 Å². The number of piperidine rings is 1. The van der Waals surface area contributed by atoms with E-state index in [-0.39, 0.29) is 17.7 Å². The zero-order valence-electron chi connectivity index (χ0n) is 9.58. The van der Waals surface area contributed by atoms with E-state index in [0.717, 1.165) is 4.90 Å². The van der Waals surface area contributed by atoms with Crippen molar-refractivity contribution in [3.8, 4) is 0 Å². The Morgan fingerprint density at radius 2 is 2.19 bits per heavy atom. The number of nitrogens with one attached hydrogen (secondary N) is 2. The van der Waals surface area contributed by atoms with Crippen LogP contribution in [0.25, 0.3) is 0 Å². The number of amides is 3. The molecule has 1 fully saturated rings. The molecule has 1 heterocycles. The summed E-state index contributed by atoms with van der Waals surface area (Å²) in [5, 5.41) is 5.48. The summed E-state index contributed by atoms with van der Waals surface area (Å²) < 4.78 is 0. The van der Waals surface area contributed by atoms with Crippen molar-refractivity contribution in [1.29, 1.82) is 0 Å². The first-order chi connectivity index (χ1) is 7.56. The fourth-order valence-electron chi connectivity index (χ4n) is 1.55. The van der Waals surface area contributed by atoms with E-state index in [1.165, 1.54) is 7.05 Å². The average Bonchev–Trinajstić information content (AvgIpc) is 2.27. The molecule has 6 heteroatoms. The molecule has 0 aromatic heterocycles. The minimum atomic E-state index is -0.549. The van der Waals surface area contributed by atoms with Crippen LogP contribution in [0.3, 0.4) is 0 Å². The van der Waals surface area contributed by atoms with Crippen molar-refractivity contribution in [3.05, 3.63) is 0 Å². The Morgan fingerprint density at radius 1 is 1.50 bits per heavy atom. The molecule has 90 valence electrons. The Labute approximate surface area is 94.4 Å². The van der Waals surface area contributed by atoms with Crippen LogP contribution in [0.2, 0.25) is 0 Å². The second-order valence-corrected chi connectivity index (χ2v) is 3.80. The number of imide groups is 1. The Kier molecular flexibility index (Phi) is 4.42. The van der Waals surface area contributed by atoms with E-state index in [2.05, 4.69) is 10.6 Å². The predicted octanol–water partition coefficient (Wildman–Crippen LogP) is -1.14. The normalized spacial score (nSPS) is 21.1. The fourth-order valence-corrected chi connectivity index (χ4v) is 1.55. The molecule has 1 aliphatic rings. The molecule has 16 heavy (non-hydrogen) atoms. The van der Waals surface area contributed by atoms with Crippen LogP contribution in [0, 0.1) is 0 Å². The smallest absolute Gasteiger partial charge is 0.251 e. The van der Waals surface area contributed by atoms with Crippen molar-refractivity contribution in [2.24, 2.45) is 0 Å². The second kappa shape index (κ2) is 5.60. The van der Waals surface area contributed by atoms with E-state index >= 15 is 0 Å². The molecular formula is C10H17N3O3. The van der Waals surface area contributed by atoms with Gasteiger partial charge in [-0.25, -0.2) is 0 Å². The molecular weight excluding hydrogens is 210 g/mol. The van der Waals surface area contributed by atoms with E-state index in [1.807, 2.05) is 0 Å². The van der Waals surface area contributed by atoms with Crippen molar-refractivity contribution in [2.45, 2.75) is 25.3 Å². The summed E-state index contributed by atoms with van der Waals surface area (Å²) >= 11 is 0. The molecule has 0 spiro atoms. The lowest BCUT2D eigenvalue weighted by Gasteiger charge is -2.28. The number of carbonyl (C=O) groups excluding carboxylic acids is 3. The molecule has 0 bridgehead atoms. The van der Waals surface area contributed by atoms with E-state index in [9.17, 15) is 14.4 Å². The largest absolute Gasteiger partial charge is 0.344 e. The van der Waals surface area contributed by atoms with Gasteiger partial charge in [0.25, 0.3) is 5.91 Å². The maximum absolute atomic E-state index is 11.6. The summed E-state index contributed by atoms with van der Waals surface area (Å²) in [5.74, 6) is -0.685. The van der Waals surface area contributed by atoms with Gasteiger partial charge in [0, 0.05) is 26.4 Å². The van der Waals surface area contributed by atoms with E-state index in [1.54, 1.807) is 7.05 Å². The molecule has 0 saturated carbocycles. The highest BCUT2D eigenvalue weighted by atomic mass is 16.2. The predicted molar refractivity (Wildman–Crippen MR) is 57.5 cm³/mol. The standard InChI is InChI=1S/C10H17N3O3/c1-11-6-5-8(14)12-7-3-4-9(15)13(2)10(7)16/h7,11H,3-6H2,1-2H3,(H,12,14). The van der Waals surface area contributed by atoms with Crippen LogP contribution in [-0.2, 0) is 14.4 Å². The maximum atomic E-state index is 11.6. The first kappa shape index (κ1) is 12.6. The number of likely N-dealkylation sites (tertiary alicyclic amines) is 1. The van der Waals surface area contributed by atoms with Gasteiger partial charge in [-0.05, 0) is 13.5 Å². The third-order valence-corrected chi connectivity index (χ3v) is 2.59. The van der Waals surface area contributed by atoms with E-state index in [4.69, 9.17) is 0 Å². The van der Waals surface area contributed by atoms with Crippen molar-refractivity contribution in [2.75, 3.05) is 20.6 Å². The van der Waals surface area contributed by atoms with E-state index < -0.39 is 6.04 Å². The van der Waals surface area contributed by atoms with Gasteiger partial charge < -0.3 is 10.6 Å². The lowest BCUT2D eigenvalue weighted by Crippen LogP contribution is -2.53. The van der Waals surface area contributed by atoms with Crippen LogP contribution >= 0.6 is 0 Å². The molecule has 1 saturated heterocycles. The van der Waals surface area contributed by atoms with Gasteiger partial charge in [-0.15, -0.1) is 0 Å². The summed E-state index contributed by atoms with van der Waals surface area (Å²) in [5.41, 5.74) is 0. The summed E-state index contributed by atoms with van der Waals surface area (Å²) in [6.07, 6.45) is 1.03. The number of likely N-dealkylation sites (N-methyl/N-ethyl adjacent to an activating group) is 1. The van der Waals surface area contributed by atoms with Gasteiger partial charge in [-0.1, -0.05) is 0 Å². The first-order valence-corrected chi connectivity index (χ1v) is 5.30. The summed E-state index contributed by atoms with van der Waals surface area (Å²) in [4.78, 5) is 35.3. The molecule has 0 aromatic rings. The second-order valence-electron chi connectivity index (χ2n) is 3.80. The van der Waals surface area contributed by atoms with Crippen LogP contribution in [-0.4, -0.2) is 49.3 Å². The molecule has 0 aromatic carbocycles. The van der Waals surface area contributed by atoms with Gasteiger partial charge >= 0.3 is 0 Å². The number of rotatable bonds is 4. The molecule has 0 aliphatic carbocycles. The lowest BCUT2D eigenvalue weighted by atomic mass is 10.0. The van der Waals surface area contributed by atoms with Crippen LogP contribution in [0.15, 0.2) is 0 Å². The summed E-state index contributed by atoms with van der Waals surface area (Å²) in [7, 11) is 3.20. The number of hydrogen-bond donors (Lipinski definition) is 2. The minimum Gasteiger partial charge on any atom is -0.344 e. The van der Waals surface area contributed by atoms with Crippen molar-refractivity contribution in [1.82, 2.24) is 15.5 Å². The molecule has 2 N–H and O–H groups in total. The molecule has 1 unspecified atom stereocenters. The van der Waals surface area contributed by atoms with Crippen LogP contribution < -0.4 is 10.6 Å².